The van der Waals surface area contributed by atoms with E-state index in [0.717, 1.165) is 11.3 Å². The second kappa shape index (κ2) is 5.35. The monoisotopic (exact) mass is 282 g/mol. The molecule has 0 saturated carbocycles. The highest BCUT2D eigenvalue weighted by atomic mass is 35.5. The van der Waals surface area contributed by atoms with Crippen LogP contribution in [-0.4, -0.2) is 19.9 Å². The lowest BCUT2D eigenvalue weighted by Crippen LogP contribution is -1.97. The molecule has 0 aliphatic rings. The summed E-state index contributed by atoms with van der Waals surface area (Å²) in [4.78, 5) is 17.2. The molecule has 3 rings (SSSR count). The van der Waals surface area contributed by atoms with Crippen LogP contribution in [0.4, 0.5) is 0 Å². The normalized spacial score (nSPS) is 10.5. The second-order valence-corrected chi connectivity index (χ2v) is 4.64. The number of halogens is 1. The first-order valence-corrected chi connectivity index (χ1v) is 6.50. The summed E-state index contributed by atoms with van der Waals surface area (Å²) >= 11 is 6.10. The molecule has 3 aromatic rings. The molecule has 4 nitrogen and oxygen atoms in total. The molecule has 2 aromatic heterocycles. The predicted octanol–water partition coefficient (Wildman–Crippen LogP) is 3.56. The smallest absolute Gasteiger partial charge is 0.180 e. The van der Waals surface area contributed by atoms with Gasteiger partial charge in [0.05, 0.1) is 5.69 Å². The largest absolute Gasteiger partial charge is 0.242 e. The average molecular weight is 283 g/mol. The molecular formula is C15H11ClN4. The van der Waals surface area contributed by atoms with E-state index in [1.807, 2.05) is 37.3 Å². The molecule has 0 saturated heterocycles. The summed E-state index contributed by atoms with van der Waals surface area (Å²) in [7, 11) is 0. The van der Waals surface area contributed by atoms with Crippen molar-refractivity contribution in [3.05, 3.63) is 59.6 Å². The molecule has 0 amide bonds. The third kappa shape index (κ3) is 2.65. The van der Waals surface area contributed by atoms with Gasteiger partial charge in [-0.25, -0.2) is 19.9 Å². The van der Waals surface area contributed by atoms with Crippen molar-refractivity contribution in [3.8, 4) is 22.8 Å². The molecule has 0 radical (unpaired) electrons. The van der Waals surface area contributed by atoms with E-state index in [2.05, 4.69) is 19.9 Å². The molecule has 0 atom stereocenters. The van der Waals surface area contributed by atoms with E-state index in [1.165, 1.54) is 0 Å². The number of rotatable bonds is 2. The van der Waals surface area contributed by atoms with Gasteiger partial charge in [-0.2, -0.15) is 0 Å². The predicted molar refractivity (Wildman–Crippen MR) is 78.2 cm³/mol. The van der Waals surface area contributed by atoms with Crippen molar-refractivity contribution in [2.24, 2.45) is 0 Å². The van der Waals surface area contributed by atoms with E-state index in [0.29, 0.717) is 22.5 Å². The number of nitrogens with zero attached hydrogens (tertiary/aromatic N) is 4. The third-order valence-corrected chi connectivity index (χ3v) is 2.96. The molecule has 0 N–H and O–H groups in total. The SMILES string of the molecule is Cc1nccc(-c2nc(Cl)cc(-c3ccccc3)n2)n1. The Hall–Kier alpha value is -2.33. The number of benzene rings is 1. The molecule has 0 fully saturated rings. The zero-order chi connectivity index (χ0) is 13.9. The van der Waals surface area contributed by atoms with Gasteiger partial charge in [-0.15, -0.1) is 0 Å². The van der Waals surface area contributed by atoms with Crippen molar-refractivity contribution < 1.29 is 0 Å². The van der Waals surface area contributed by atoms with Crippen LogP contribution in [0.25, 0.3) is 22.8 Å². The van der Waals surface area contributed by atoms with E-state index < -0.39 is 0 Å². The van der Waals surface area contributed by atoms with Gasteiger partial charge in [0.25, 0.3) is 0 Å². The van der Waals surface area contributed by atoms with E-state index in [1.54, 1.807) is 18.3 Å². The first-order valence-electron chi connectivity index (χ1n) is 6.12. The Morgan fingerprint density at radius 2 is 1.70 bits per heavy atom. The molecule has 20 heavy (non-hydrogen) atoms. The molecule has 5 heteroatoms. The Morgan fingerprint density at radius 1 is 0.900 bits per heavy atom. The lowest BCUT2D eigenvalue weighted by atomic mass is 10.1. The molecule has 0 unspecified atom stereocenters. The highest BCUT2D eigenvalue weighted by Crippen LogP contribution is 2.23. The number of aryl methyl sites for hydroxylation is 1. The summed E-state index contributed by atoms with van der Waals surface area (Å²) in [6, 6.07) is 13.4. The van der Waals surface area contributed by atoms with E-state index >= 15 is 0 Å². The third-order valence-electron chi connectivity index (χ3n) is 2.77. The van der Waals surface area contributed by atoms with Gasteiger partial charge in [-0.05, 0) is 13.0 Å². The van der Waals surface area contributed by atoms with Gasteiger partial charge < -0.3 is 0 Å². The van der Waals surface area contributed by atoms with Gasteiger partial charge in [0.15, 0.2) is 5.82 Å². The summed E-state index contributed by atoms with van der Waals surface area (Å²) in [6.07, 6.45) is 1.68. The maximum Gasteiger partial charge on any atom is 0.180 e. The van der Waals surface area contributed by atoms with Crippen molar-refractivity contribution in [2.45, 2.75) is 6.92 Å². The summed E-state index contributed by atoms with van der Waals surface area (Å²) in [5.74, 6) is 1.18. The molecule has 1 aromatic carbocycles. The van der Waals surface area contributed by atoms with Crippen molar-refractivity contribution >= 4 is 11.6 Å². The number of hydrogen-bond donors (Lipinski definition) is 0. The van der Waals surface area contributed by atoms with Crippen LogP contribution >= 0.6 is 11.6 Å². The Balaban J connectivity index is 2.12. The van der Waals surface area contributed by atoms with Crippen LogP contribution in [0.15, 0.2) is 48.7 Å². The zero-order valence-corrected chi connectivity index (χ0v) is 11.5. The maximum atomic E-state index is 6.10. The Kier molecular flexibility index (Phi) is 3.39. The lowest BCUT2D eigenvalue weighted by Gasteiger charge is -2.05. The Morgan fingerprint density at radius 3 is 2.45 bits per heavy atom. The minimum absolute atomic E-state index is 0.394. The fraction of sp³-hybridized carbons (Fsp3) is 0.0667. The fourth-order valence-electron chi connectivity index (χ4n) is 1.87. The molecule has 0 aliphatic carbocycles. The van der Waals surface area contributed by atoms with Crippen molar-refractivity contribution in [3.63, 3.8) is 0 Å². The van der Waals surface area contributed by atoms with Gasteiger partial charge in [-0.3, -0.25) is 0 Å². The van der Waals surface area contributed by atoms with Crippen LogP contribution < -0.4 is 0 Å². The quantitative estimate of drug-likeness (QED) is 0.674. The maximum absolute atomic E-state index is 6.10. The highest BCUT2D eigenvalue weighted by Gasteiger charge is 2.09. The van der Waals surface area contributed by atoms with Crippen LogP contribution in [0.5, 0.6) is 0 Å². The van der Waals surface area contributed by atoms with Crippen LogP contribution in [0.1, 0.15) is 5.82 Å². The van der Waals surface area contributed by atoms with Crippen LogP contribution in [0.2, 0.25) is 5.15 Å². The Labute approximate surface area is 121 Å². The van der Waals surface area contributed by atoms with Crippen LogP contribution in [-0.2, 0) is 0 Å². The summed E-state index contributed by atoms with van der Waals surface area (Å²) in [5, 5.41) is 0.394. The van der Waals surface area contributed by atoms with Crippen molar-refractivity contribution in [1.29, 1.82) is 0 Å². The highest BCUT2D eigenvalue weighted by molar-refractivity contribution is 6.29. The fourth-order valence-corrected chi connectivity index (χ4v) is 2.05. The Bertz CT molecular complexity index is 744. The number of aromatic nitrogens is 4. The molecule has 0 spiro atoms. The first-order chi connectivity index (χ1) is 9.72. The minimum atomic E-state index is 0.394. The van der Waals surface area contributed by atoms with Gasteiger partial charge in [0, 0.05) is 17.8 Å². The van der Waals surface area contributed by atoms with Crippen LogP contribution in [0.3, 0.4) is 0 Å². The van der Waals surface area contributed by atoms with Crippen molar-refractivity contribution in [2.75, 3.05) is 0 Å². The van der Waals surface area contributed by atoms with Gasteiger partial charge in [-0.1, -0.05) is 41.9 Å². The van der Waals surface area contributed by atoms with E-state index in [-0.39, 0.29) is 0 Å². The van der Waals surface area contributed by atoms with Gasteiger partial charge in [0.1, 0.15) is 16.7 Å². The summed E-state index contributed by atoms with van der Waals surface area (Å²) in [6.45, 7) is 1.83. The topological polar surface area (TPSA) is 51.6 Å². The molecular weight excluding hydrogens is 272 g/mol. The summed E-state index contributed by atoms with van der Waals surface area (Å²) in [5.41, 5.74) is 2.43. The zero-order valence-electron chi connectivity index (χ0n) is 10.8. The van der Waals surface area contributed by atoms with Gasteiger partial charge >= 0.3 is 0 Å². The lowest BCUT2D eigenvalue weighted by molar-refractivity contribution is 1.03. The van der Waals surface area contributed by atoms with Crippen molar-refractivity contribution in [1.82, 2.24) is 19.9 Å². The first kappa shape index (κ1) is 12.7. The van der Waals surface area contributed by atoms with Gasteiger partial charge in [0.2, 0.25) is 0 Å². The molecule has 2 heterocycles. The second-order valence-electron chi connectivity index (χ2n) is 4.25. The molecule has 0 aliphatic heterocycles. The number of hydrogen-bond acceptors (Lipinski definition) is 4. The van der Waals surface area contributed by atoms with E-state index in [9.17, 15) is 0 Å². The summed E-state index contributed by atoms with van der Waals surface area (Å²) < 4.78 is 0. The standard InChI is InChI=1S/C15H11ClN4/c1-10-17-8-7-12(18-10)15-19-13(9-14(16)20-15)11-5-3-2-4-6-11/h2-9H,1H3. The average Bonchev–Trinajstić information content (AvgIpc) is 2.47. The molecule has 0 bridgehead atoms. The van der Waals surface area contributed by atoms with E-state index in [4.69, 9.17) is 11.6 Å². The van der Waals surface area contributed by atoms with Crippen LogP contribution in [0, 0.1) is 6.92 Å². The molecule has 98 valence electrons. The minimum Gasteiger partial charge on any atom is -0.242 e.